The van der Waals surface area contributed by atoms with Gasteiger partial charge in [-0.15, -0.1) is 11.6 Å². The molecular weight excluding hydrogens is 280 g/mol. The molecule has 0 aliphatic carbocycles. The molecule has 0 unspecified atom stereocenters. The Morgan fingerprint density at radius 2 is 1.71 bits per heavy atom. The maximum atomic E-state index is 6.03. The maximum absolute atomic E-state index is 6.03. The SMILES string of the molecule is CCCCN(CCCC)c1cc(CCl)nc2ccccc12. The molecule has 0 aliphatic rings. The van der Waals surface area contributed by atoms with Gasteiger partial charge in [0, 0.05) is 24.2 Å². The minimum Gasteiger partial charge on any atom is -0.371 e. The monoisotopic (exact) mass is 304 g/mol. The minimum absolute atomic E-state index is 0.466. The highest BCUT2D eigenvalue weighted by Crippen LogP contribution is 2.28. The zero-order valence-electron chi connectivity index (χ0n) is 13.1. The molecule has 0 fully saturated rings. The van der Waals surface area contributed by atoms with Crippen molar-refractivity contribution in [2.24, 2.45) is 0 Å². The maximum Gasteiger partial charge on any atom is 0.0726 e. The van der Waals surface area contributed by atoms with Crippen LogP contribution in [0.5, 0.6) is 0 Å². The number of fused-ring (bicyclic) bond motifs is 1. The molecule has 2 nitrogen and oxygen atoms in total. The van der Waals surface area contributed by atoms with Crippen molar-refractivity contribution in [2.45, 2.75) is 45.4 Å². The molecule has 1 aromatic heterocycles. The molecule has 0 spiro atoms. The summed E-state index contributed by atoms with van der Waals surface area (Å²) in [6.07, 6.45) is 4.87. The summed E-state index contributed by atoms with van der Waals surface area (Å²) < 4.78 is 0. The second-order valence-corrected chi connectivity index (χ2v) is 5.74. The predicted molar refractivity (Wildman–Crippen MR) is 93.3 cm³/mol. The van der Waals surface area contributed by atoms with Gasteiger partial charge in [-0.05, 0) is 25.0 Å². The van der Waals surface area contributed by atoms with E-state index in [1.54, 1.807) is 0 Å². The fourth-order valence-electron chi connectivity index (χ4n) is 2.59. The van der Waals surface area contributed by atoms with E-state index < -0.39 is 0 Å². The number of benzene rings is 1. The first-order valence-electron chi connectivity index (χ1n) is 7.99. The first-order valence-corrected chi connectivity index (χ1v) is 8.53. The van der Waals surface area contributed by atoms with Gasteiger partial charge < -0.3 is 4.90 Å². The van der Waals surface area contributed by atoms with Crippen LogP contribution in [0.1, 0.15) is 45.2 Å². The lowest BCUT2D eigenvalue weighted by Crippen LogP contribution is -2.26. The molecule has 0 bridgehead atoms. The van der Waals surface area contributed by atoms with Gasteiger partial charge in [-0.25, -0.2) is 0 Å². The van der Waals surface area contributed by atoms with E-state index >= 15 is 0 Å². The Bertz CT molecular complexity index is 560. The second-order valence-electron chi connectivity index (χ2n) is 5.48. The van der Waals surface area contributed by atoms with Crippen LogP contribution in [-0.2, 0) is 5.88 Å². The lowest BCUT2D eigenvalue weighted by atomic mass is 10.1. The van der Waals surface area contributed by atoms with E-state index in [0.717, 1.165) is 24.3 Å². The Morgan fingerprint density at radius 3 is 2.33 bits per heavy atom. The van der Waals surface area contributed by atoms with Gasteiger partial charge in [-0.3, -0.25) is 4.98 Å². The Hall–Kier alpha value is -1.28. The van der Waals surface area contributed by atoms with Crippen molar-refractivity contribution >= 4 is 28.2 Å². The zero-order chi connectivity index (χ0) is 15.1. The minimum atomic E-state index is 0.466. The molecule has 2 rings (SSSR count). The van der Waals surface area contributed by atoms with Gasteiger partial charge in [0.05, 0.1) is 17.1 Å². The van der Waals surface area contributed by atoms with Crippen LogP contribution in [0.4, 0.5) is 5.69 Å². The van der Waals surface area contributed by atoms with Gasteiger partial charge in [0.2, 0.25) is 0 Å². The van der Waals surface area contributed by atoms with Crippen LogP contribution >= 0.6 is 11.6 Å². The summed E-state index contributed by atoms with van der Waals surface area (Å²) in [7, 11) is 0. The highest BCUT2D eigenvalue weighted by atomic mass is 35.5. The highest BCUT2D eigenvalue weighted by molar-refractivity contribution is 6.17. The van der Waals surface area contributed by atoms with Crippen LogP contribution in [0.15, 0.2) is 30.3 Å². The number of nitrogens with zero attached hydrogens (tertiary/aromatic N) is 2. The van der Waals surface area contributed by atoms with Gasteiger partial charge in [0.1, 0.15) is 0 Å². The first kappa shape index (κ1) is 16.1. The number of unbranched alkanes of at least 4 members (excludes halogenated alkanes) is 2. The molecular formula is C18H25ClN2. The Morgan fingerprint density at radius 1 is 1.05 bits per heavy atom. The summed E-state index contributed by atoms with van der Waals surface area (Å²) >= 11 is 6.03. The predicted octanol–water partition coefficient (Wildman–Crippen LogP) is 5.38. The van der Waals surface area contributed by atoms with Crippen LogP contribution in [0, 0.1) is 0 Å². The fourth-order valence-corrected chi connectivity index (χ4v) is 2.73. The van der Waals surface area contributed by atoms with Gasteiger partial charge in [-0.2, -0.15) is 0 Å². The third-order valence-corrected chi connectivity index (χ3v) is 4.06. The molecule has 0 aliphatic heterocycles. The Labute approximate surface area is 133 Å². The van der Waals surface area contributed by atoms with Crippen molar-refractivity contribution < 1.29 is 0 Å². The quantitative estimate of drug-likeness (QED) is 0.609. The van der Waals surface area contributed by atoms with Crippen molar-refractivity contribution in [3.8, 4) is 0 Å². The summed E-state index contributed by atoms with van der Waals surface area (Å²) in [5.74, 6) is 0.466. The lowest BCUT2D eigenvalue weighted by Gasteiger charge is -2.26. The first-order chi connectivity index (χ1) is 10.3. The molecule has 0 amide bonds. The molecule has 0 atom stereocenters. The second kappa shape index (κ2) is 8.23. The molecule has 1 heterocycles. The summed E-state index contributed by atoms with van der Waals surface area (Å²) in [5.41, 5.74) is 3.30. The molecule has 0 saturated carbocycles. The number of anilines is 1. The number of rotatable bonds is 8. The summed E-state index contributed by atoms with van der Waals surface area (Å²) in [5, 5.41) is 1.23. The van der Waals surface area contributed by atoms with Crippen molar-refractivity contribution in [1.29, 1.82) is 0 Å². The van der Waals surface area contributed by atoms with Gasteiger partial charge in [0.25, 0.3) is 0 Å². The van der Waals surface area contributed by atoms with E-state index in [-0.39, 0.29) is 0 Å². The number of alkyl halides is 1. The van der Waals surface area contributed by atoms with E-state index in [1.165, 1.54) is 36.8 Å². The number of pyridine rings is 1. The molecule has 3 heteroatoms. The third-order valence-electron chi connectivity index (χ3n) is 3.79. The molecule has 0 N–H and O–H groups in total. The van der Waals surface area contributed by atoms with Crippen molar-refractivity contribution in [1.82, 2.24) is 4.98 Å². The molecule has 0 saturated heterocycles. The van der Waals surface area contributed by atoms with Gasteiger partial charge >= 0.3 is 0 Å². The largest absolute Gasteiger partial charge is 0.371 e. The van der Waals surface area contributed by atoms with Crippen LogP contribution in [-0.4, -0.2) is 18.1 Å². The summed E-state index contributed by atoms with van der Waals surface area (Å²) in [4.78, 5) is 7.15. The average Bonchev–Trinajstić information content (AvgIpc) is 2.54. The van der Waals surface area contributed by atoms with Crippen molar-refractivity contribution in [3.63, 3.8) is 0 Å². The highest BCUT2D eigenvalue weighted by Gasteiger charge is 2.12. The third kappa shape index (κ3) is 4.10. The molecule has 1 aromatic carbocycles. The van der Waals surface area contributed by atoms with Gasteiger partial charge in [0.15, 0.2) is 0 Å². The zero-order valence-corrected chi connectivity index (χ0v) is 13.9. The average molecular weight is 305 g/mol. The van der Waals surface area contributed by atoms with Crippen LogP contribution in [0.2, 0.25) is 0 Å². The summed E-state index contributed by atoms with van der Waals surface area (Å²) in [6, 6.07) is 10.5. The van der Waals surface area contributed by atoms with Gasteiger partial charge in [-0.1, -0.05) is 44.9 Å². The van der Waals surface area contributed by atoms with Crippen LogP contribution in [0.3, 0.4) is 0 Å². The number of para-hydroxylation sites is 1. The Balaban J connectivity index is 2.43. The molecule has 114 valence electrons. The van der Waals surface area contributed by atoms with Crippen LogP contribution < -0.4 is 4.90 Å². The van der Waals surface area contributed by atoms with Crippen molar-refractivity contribution in [2.75, 3.05) is 18.0 Å². The van der Waals surface area contributed by atoms with Crippen molar-refractivity contribution in [3.05, 3.63) is 36.0 Å². The molecule has 21 heavy (non-hydrogen) atoms. The number of aromatic nitrogens is 1. The Kier molecular flexibility index (Phi) is 6.31. The fraction of sp³-hybridized carbons (Fsp3) is 0.500. The summed E-state index contributed by atoms with van der Waals surface area (Å²) in [6.45, 7) is 6.69. The van der Waals surface area contributed by atoms with E-state index in [0.29, 0.717) is 5.88 Å². The number of hydrogen-bond acceptors (Lipinski definition) is 2. The molecule has 2 aromatic rings. The van der Waals surface area contributed by atoms with E-state index in [9.17, 15) is 0 Å². The smallest absolute Gasteiger partial charge is 0.0726 e. The van der Waals surface area contributed by atoms with E-state index in [4.69, 9.17) is 11.6 Å². The topological polar surface area (TPSA) is 16.1 Å². The standard InChI is InChI=1S/C18H25ClN2/c1-3-5-11-21(12-6-4-2)18-13-15(14-19)20-17-10-8-7-9-16(17)18/h7-10,13H,3-6,11-12,14H2,1-2H3. The molecule has 0 radical (unpaired) electrons. The van der Waals surface area contributed by atoms with E-state index in [1.807, 2.05) is 6.07 Å². The normalized spacial score (nSPS) is 11.0. The van der Waals surface area contributed by atoms with E-state index in [2.05, 4.69) is 48.0 Å². The lowest BCUT2D eigenvalue weighted by molar-refractivity contribution is 0.679. The number of hydrogen-bond donors (Lipinski definition) is 0. The van der Waals surface area contributed by atoms with Crippen LogP contribution in [0.25, 0.3) is 10.9 Å². The number of halogens is 1.